The Kier molecular flexibility index (Phi) is 8.97. The van der Waals surface area contributed by atoms with Crippen LogP contribution < -0.4 is 0 Å². The average molecular weight is 382 g/mol. The maximum Gasteiger partial charge on any atom is 0.410 e. The standard InChI is InChI=1S/C21H35NO3S/c1-17(23)15-26-14-10-13-22(19(24)25-20(2,3)4)16-21(5,6)18-11-8-7-9-12-18/h7-9,11-12,17,23H,10,13-16H2,1-6H3. The van der Waals surface area contributed by atoms with Crippen molar-refractivity contribution >= 4 is 17.9 Å². The van der Waals surface area contributed by atoms with Crippen LogP contribution in [0.2, 0.25) is 0 Å². The second kappa shape index (κ2) is 10.2. The number of carbonyl (C=O) groups excluding carboxylic acids is 1. The Labute approximate surface area is 163 Å². The van der Waals surface area contributed by atoms with Crippen LogP contribution in [0.4, 0.5) is 4.79 Å². The quantitative estimate of drug-likeness (QED) is 0.630. The molecule has 0 bridgehead atoms. The minimum atomic E-state index is -0.507. The molecule has 1 amide bonds. The fourth-order valence-corrected chi connectivity index (χ4v) is 3.47. The highest BCUT2D eigenvalue weighted by Gasteiger charge is 2.29. The van der Waals surface area contributed by atoms with Crippen LogP contribution in [-0.4, -0.2) is 52.4 Å². The molecular formula is C21H35NO3S. The van der Waals surface area contributed by atoms with E-state index < -0.39 is 5.60 Å². The van der Waals surface area contributed by atoms with Crippen molar-refractivity contribution in [1.82, 2.24) is 4.90 Å². The third-order valence-corrected chi connectivity index (χ3v) is 5.16. The number of amides is 1. The van der Waals surface area contributed by atoms with E-state index >= 15 is 0 Å². The molecule has 0 spiro atoms. The zero-order valence-electron chi connectivity index (χ0n) is 17.1. The minimum absolute atomic E-state index is 0.162. The molecular weight excluding hydrogens is 346 g/mol. The Bertz CT molecular complexity index is 538. The first-order valence-electron chi connectivity index (χ1n) is 9.30. The van der Waals surface area contributed by atoms with E-state index in [1.54, 1.807) is 18.7 Å². The van der Waals surface area contributed by atoms with Gasteiger partial charge in [0, 0.05) is 24.3 Å². The summed E-state index contributed by atoms with van der Waals surface area (Å²) in [6, 6.07) is 10.3. The summed E-state index contributed by atoms with van der Waals surface area (Å²) in [7, 11) is 0. The van der Waals surface area contributed by atoms with Crippen molar-refractivity contribution in [3.8, 4) is 0 Å². The predicted molar refractivity (Wildman–Crippen MR) is 111 cm³/mol. The van der Waals surface area contributed by atoms with Gasteiger partial charge in [0.25, 0.3) is 0 Å². The molecule has 148 valence electrons. The lowest BCUT2D eigenvalue weighted by atomic mass is 9.84. The van der Waals surface area contributed by atoms with Crippen molar-refractivity contribution in [3.63, 3.8) is 0 Å². The van der Waals surface area contributed by atoms with Crippen LogP contribution in [-0.2, 0) is 10.2 Å². The first-order chi connectivity index (χ1) is 12.0. The number of rotatable bonds is 9. The predicted octanol–water partition coefficient (Wildman–Crippen LogP) is 4.71. The molecule has 26 heavy (non-hydrogen) atoms. The summed E-state index contributed by atoms with van der Waals surface area (Å²) in [6.45, 7) is 13.0. The van der Waals surface area contributed by atoms with Crippen LogP contribution in [0.5, 0.6) is 0 Å². The van der Waals surface area contributed by atoms with Crippen molar-refractivity contribution in [2.75, 3.05) is 24.6 Å². The number of hydrogen-bond donors (Lipinski definition) is 1. The number of nitrogens with zero attached hydrogens (tertiary/aromatic N) is 1. The molecule has 1 unspecified atom stereocenters. The maximum atomic E-state index is 12.7. The van der Waals surface area contributed by atoms with E-state index in [9.17, 15) is 9.90 Å². The monoisotopic (exact) mass is 381 g/mol. The summed E-state index contributed by atoms with van der Waals surface area (Å²) in [6.07, 6.45) is 0.322. The Morgan fingerprint density at radius 1 is 1.19 bits per heavy atom. The number of carbonyl (C=O) groups is 1. The summed E-state index contributed by atoms with van der Waals surface area (Å²) in [5.41, 5.74) is 0.537. The molecule has 1 N–H and O–H groups in total. The van der Waals surface area contributed by atoms with E-state index in [4.69, 9.17) is 4.74 Å². The molecule has 1 atom stereocenters. The van der Waals surface area contributed by atoms with Gasteiger partial charge in [-0.25, -0.2) is 4.79 Å². The lowest BCUT2D eigenvalue weighted by molar-refractivity contribution is 0.0215. The van der Waals surface area contributed by atoms with Gasteiger partial charge in [-0.1, -0.05) is 44.2 Å². The van der Waals surface area contributed by atoms with Gasteiger partial charge in [0.05, 0.1) is 6.10 Å². The van der Waals surface area contributed by atoms with Crippen LogP contribution in [0.15, 0.2) is 30.3 Å². The molecule has 0 aliphatic carbocycles. The van der Waals surface area contributed by atoms with Crippen LogP contribution in [0.3, 0.4) is 0 Å². The van der Waals surface area contributed by atoms with Gasteiger partial charge in [0.1, 0.15) is 5.60 Å². The summed E-state index contributed by atoms with van der Waals surface area (Å²) < 4.78 is 5.62. The first kappa shape index (κ1) is 22.8. The smallest absolute Gasteiger partial charge is 0.410 e. The molecule has 1 rings (SSSR count). The molecule has 0 saturated carbocycles. The van der Waals surface area contributed by atoms with Gasteiger partial charge in [-0.3, -0.25) is 0 Å². The second-order valence-corrected chi connectivity index (χ2v) is 9.58. The van der Waals surface area contributed by atoms with Crippen LogP contribution in [0.25, 0.3) is 0 Å². The average Bonchev–Trinajstić information content (AvgIpc) is 2.52. The maximum absolute atomic E-state index is 12.7. The highest BCUT2D eigenvalue weighted by molar-refractivity contribution is 7.99. The molecule has 0 saturated heterocycles. The highest BCUT2D eigenvalue weighted by atomic mass is 32.2. The van der Waals surface area contributed by atoms with E-state index in [2.05, 4.69) is 26.0 Å². The van der Waals surface area contributed by atoms with Crippen LogP contribution in [0.1, 0.15) is 53.5 Å². The third-order valence-electron chi connectivity index (χ3n) is 3.87. The second-order valence-electron chi connectivity index (χ2n) is 8.43. The van der Waals surface area contributed by atoms with Gasteiger partial charge >= 0.3 is 6.09 Å². The molecule has 1 aromatic rings. The van der Waals surface area contributed by atoms with E-state index in [1.807, 2.05) is 43.9 Å². The summed E-state index contributed by atoms with van der Waals surface area (Å²) >= 11 is 1.71. The van der Waals surface area contributed by atoms with Gasteiger partial charge in [0.2, 0.25) is 0 Å². The molecule has 0 radical (unpaired) electrons. The van der Waals surface area contributed by atoms with Crippen molar-refractivity contribution < 1.29 is 14.6 Å². The van der Waals surface area contributed by atoms with E-state index in [1.165, 1.54) is 5.56 Å². The van der Waals surface area contributed by atoms with Crippen LogP contribution in [0, 0.1) is 0 Å². The van der Waals surface area contributed by atoms with Gasteiger partial charge < -0.3 is 14.7 Å². The number of benzene rings is 1. The van der Waals surface area contributed by atoms with E-state index in [0.29, 0.717) is 13.1 Å². The largest absolute Gasteiger partial charge is 0.444 e. The Morgan fingerprint density at radius 2 is 1.81 bits per heavy atom. The van der Waals surface area contributed by atoms with Crippen molar-refractivity contribution in [2.24, 2.45) is 0 Å². The normalized spacial score (nSPS) is 13.3. The third kappa shape index (κ3) is 8.95. The minimum Gasteiger partial charge on any atom is -0.444 e. The Balaban J connectivity index is 2.75. The summed E-state index contributed by atoms with van der Waals surface area (Å²) in [5.74, 6) is 1.64. The number of aliphatic hydroxyl groups excluding tert-OH is 1. The number of thioether (sulfide) groups is 1. The number of ether oxygens (including phenoxy) is 1. The zero-order chi connectivity index (χ0) is 19.8. The topological polar surface area (TPSA) is 49.8 Å². The van der Waals surface area contributed by atoms with Gasteiger partial charge in [-0.15, -0.1) is 0 Å². The Hall–Kier alpha value is -1.20. The highest BCUT2D eigenvalue weighted by Crippen LogP contribution is 2.25. The van der Waals surface area contributed by atoms with Crippen molar-refractivity contribution in [2.45, 2.75) is 65.1 Å². The molecule has 0 heterocycles. The molecule has 5 heteroatoms. The fraction of sp³-hybridized carbons (Fsp3) is 0.667. The Morgan fingerprint density at radius 3 is 2.35 bits per heavy atom. The first-order valence-corrected chi connectivity index (χ1v) is 10.5. The number of aliphatic hydroxyl groups is 1. The SMILES string of the molecule is CC(O)CSCCCN(CC(C)(C)c1ccccc1)C(=O)OC(C)(C)C. The number of hydrogen-bond acceptors (Lipinski definition) is 4. The molecule has 0 aliphatic heterocycles. The molecule has 1 aromatic carbocycles. The van der Waals surface area contributed by atoms with Gasteiger partial charge in [0.15, 0.2) is 0 Å². The lowest BCUT2D eigenvalue weighted by Crippen LogP contribution is -2.44. The summed E-state index contributed by atoms with van der Waals surface area (Å²) in [5, 5.41) is 9.35. The fourth-order valence-electron chi connectivity index (χ4n) is 2.63. The zero-order valence-corrected chi connectivity index (χ0v) is 17.9. The van der Waals surface area contributed by atoms with Crippen molar-refractivity contribution in [3.05, 3.63) is 35.9 Å². The van der Waals surface area contributed by atoms with Gasteiger partial charge in [-0.2, -0.15) is 11.8 Å². The van der Waals surface area contributed by atoms with E-state index in [-0.39, 0.29) is 17.6 Å². The van der Waals surface area contributed by atoms with E-state index in [0.717, 1.165) is 17.9 Å². The molecule has 0 fully saturated rings. The van der Waals surface area contributed by atoms with Crippen molar-refractivity contribution in [1.29, 1.82) is 0 Å². The molecule has 4 nitrogen and oxygen atoms in total. The van der Waals surface area contributed by atoms with Crippen LogP contribution >= 0.6 is 11.8 Å². The van der Waals surface area contributed by atoms with Gasteiger partial charge in [-0.05, 0) is 45.4 Å². The summed E-state index contributed by atoms with van der Waals surface area (Å²) in [4.78, 5) is 14.5. The lowest BCUT2D eigenvalue weighted by Gasteiger charge is -2.34. The molecule has 0 aliphatic rings. The molecule has 0 aromatic heterocycles.